The number of nitrogens with zero attached hydrogens (tertiary/aromatic N) is 2. The van der Waals surface area contributed by atoms with Crippen LogP contribution in [0, 0.1) is 11.8 Å². The van der Waals surface area contributed by atoms with Crippen molar-refractivity contribution < 1.29 is 18.0 Å². The summed E-state index contributed by atoms with van der Waals surface area (Å²) in [5, 5.41) is 0. The zero-order valence-electron chi connectivity index (χ0n) is 16.1. The first-order chi connectivity index (χ1) is 12.8. The number of rotatable bonds is 4. The van der Waals surface area contributed by atoms with Crippen molar-refractivity contribution in [3.05, 3.63) is 30.3 Å². The SMILES string of the molecule is CN(C)C1CCCC1N(C(=O)C1CCCC(C(F)(F)F)C1)c1ccccc1. The topological polar surface area (TPSA) is 23.6 Å². The van der Waals surface area contributed by atoms with Gasteiger partial charge in [0.25, 0.3) is 0 Å². The van der Waals surface area contributed by atoms with E-state index in [1.165, 1.54) is 0 Å². The molecule has 4 unspecified atom stereocenters. The summed E-state index contributed by atoms with van der Waals surface area (Å²) in [6, 6.07) is 9.70. The van der Waals surface area contributed by atoms with Gasteiger partial charge in [-0.25, -0.2) is 0 Å². The lowest BCUT2D eigenvalue weighted by atomic mass is 9.80. The van der Waals surface area contributed by atoms with Crippen LogP contribution in [-0.4, -0.2) is 43.2 Å². The number of halogens is 3. The summed E-state index contributed by atoms with van der Waals surface area (Å²) < 4.78 is 39.7. The van der Waals surface area contributed by atoms with Gasteiger partial charge in [-0.3, -0.25) is 4.79 Å². The van der Waals surface area contributed by atoms with Crippen LogP contribution < -0.4 is 4.90 Å². The van der Waals surface area contributed by atoms with Gasteiger partial charge in [0.05, 0.1) is 12.0 Å². The molecule has 0 bridgehead atoms. The Labute approximate surface area is 159 Å². The van der Waals surface area contributed by atoms with Gasteiger partial charge in [0.1, 0.15) is 0 Å². The highest BCUT2D eigenvalue weighted by Gasteiger charge is 2.46. The number of hydrogen-bond donors (Lipinski definition) is 0. The Kier molecular flexibility index (Phi) is 6.14. The standard InChI is InChI=1S/C21H29F3N2O/c1-25(2)18-12-7-13-19(18)26(17-10-4-3-5-11-17)20(27)15-8-6-9-16(14-15)21(22,23)24/h3-5,10-11,15-16,18-19H,6-9,12-14H2,1-2H3. The van der Waals surface area contributed by atoms with E-state index < -0.39 is 18.0 Å². The van der Waals surface area contributed by atoms with Gasteiger partial charge in [0.2, 0.25) is 5.91 Å². The Morgan fingerprint density at radius 1 is 0.963 bits per heavy atom. The minimum absolute atomic E-state index is 0.0150. The van der Waals surface area contributed by atoms with Crippen LogP contribution in [0.5, 0.6) is 0 Å². The van der Waals surface area contributed by atoms with E-state index in [2.05, 4.69) is 4.90 Å². The zero-order chi connectivity index (χ0) is 19.6. The third kappa shape index (κ3) is 4.48. The Balaban J connectivity index is 1.88. The fraction of sp³-hybridized carbons (Fsp3) is 0.667. The van der Waals surface area contributed by atoms with Crippen molar-refractivity contribution >= 4 is 11.6 Å². The molecule has 2 saturated carbocycles. The summed E-state index contributed by atoms with van der Waals surface area (Å²) in [7, 11) is 4.02. The maximum absolute atomic E-state index is 13.5. The van der Waals surface area contributed by atoms with Crippen molar-refractivity contribution in [2.75, 3.05) is 19.0 Å². The minimum atomic E-state index is -4.21. The van der Waals surface area contributed by atoms with Crippen molar-refractivity contribution in [2.24, 2.45) is 11.8 Å². The van der Waals surface area contributed by atoms with Crippen LogP contribution in [0.25, 0.3) is 0 Å². The average Bonchev–Trinajstić information content (AvgIpc) is 3.12. The molecule has 2 fully saturated rings. The molecule has 27 heavy (non-hydrogen) atoms. The number of carbonyl (C=O) groups is 1. The smallest absolute Gasteiger partial charge is 0.308 e. The highest BCUT2D eigenvalue weighted by molar-refractivity contribution is 5.96. The third-order valence-electron chi connectivity index (χ3n) is 6.20. The van der Waals surface area contributed by atoms with Gasteiger partial charge < -0.3 is 9.80 Å². The largest absolute Gasteiger partial charge is 0.391 e. The van der Waals surface area contributed by atoms with Gasteiger partial charge in [-0.05, 0) is 64.8 Å². The lowest BCUT2D eigenvalue weighted by Gasteiger charge is -2.39. The lowest BCUT2D eigenvalue weighted by molar-refractivity contribution is -0.186. The molecule has 1 aromatic rings. The molecule has 1 aromatic carbocycles. The van der Waals surface area contributed by atoms with Gasteiger partial charge in [-0.2, -0.15) is 13.2 Å². The van der Waals surface area contributed by atoms with Crippen LogP contribution in [0.1, 0.15) is 44.9 Å². The molecule has 0 radical (unpaired) electrons. The van der Waals surface area contributed by atoms with E-state index in [0.29, 0.717) is 12.8 Å². The number of likely N-dealkylation sites (N-methyl/N-ethyl adjacent to an activating group) is 1. The Bertz CT molecular complexity index is 632. The first-order valence-corrected chi connectivity index (χ1v) is 9.90. The van der Waals surface area contributed by atoms with Crippen LogP contribution in [-0.2, 0) is 4.79 Å². The second-order valence-corrected chi connectivity index (χ2v) is 8.18. The number of para-hydroxylation sites is 1. The predicted octanol–water partition coefficient (Wildman–Crippen LogP) is 4.87. The average molecular weight is 382 g/mol. The maximum atomic E-state index is 13.5. The Morgan fingerprint density at radius 3 is 2.22 bits per heavy atom. The van der Waals surface area contributed by atoms with Crippen molar-refractivity contribution in [3.63, 3.8) is 0 Å². The van der Waals surface area contributed by atoms with Crippen LogP contribution in [0.2, 0.25) is 0 Å². The first-order valence-electron chi connectivity index (χ1n) is 9.90. The lowest BCUT2D eigenvalue weighted by Crippen LogP contribution is -2.52. The number of hydrogen-bond acceptors (Lipinski definition) is 2. The summed E-state index contributed by atoms with van der Waals surface area (Å²) in [4.78, 5) is 17.4. The number of alkyl halides is 3. The molecule has 3 rings (SSSR count). The van der Waals surface area contributed by atoms with E-state index in [4.69, 9.17) is 0 Å². The first kappa shape index (κ1) is 20.2. The van der Waals surface area contributed by atoms with Crippen molar-refractivity contribution in [3.8, 4) is 0 Å². The normalized spacial score (nSPS) is 29.1. The zero-order valence-corrected chi connectivity index (χ0v) is 16.1. The molecule has 150 valence electrons. The van der Waals surface area contributed by atoms with Gasteiger partial charge in [-0.15, -0.1) is 0 Å². The third-order valence-corrected chi connectivity index (χ3v) is 6.20. The van der Waals surface area contributed by atoms with E-state index in [0.717, 1.165) is 24.9 Å². The minimum Gasteiger partial charge on any atom is -0.308 e. The van der Waals surface area contributed by atoms with Crippen molar-refractivity contribution in [1.29, 1.82) is 0 Å². The van der Waals surface area contributed by atoms with Gasteiger partial charge >= 0.3 is 6.18 Å². The fourth-order valence-corrected chi connectivity index (χ4v) is 4.80. The van der Waals surface area contributed by atoms with E-state index >= 15 is 0 Å². The van der Waals surface area contributed by atoms with E-state index in [9.17, 15) is 18.0 Å². The quantitative estimate of drug-likeness (QED) is 0.742. The molecule has 2 aliphatic rings. The molecule has 3 nitrogen and oxygen atoms in total. The van der Waals surface area contributed by atoms with Crippen LogP contribution in [0.3, 0.4) is 0 Å². The molecule has 4 atom stereocenters. The monoisotopic (exact) mass is 382 g/mol. The Hall–Kier alpha value is -1.56. The molecule has 0 saturated heterocycles. The van der Waals surface area contributed by atoms with Gasteiger partial charge in [0, 0.05) is 17.6 Å². The summed E-state index contributed by atoms with van der Waals surface area (Å²) in [5.74, 6) is -2.03. The molecule has 2 aliphatic carbocycles. The second-order valence-electron chi connectivity index (χ2n) is 8.18. The van der Waals surface area contributed by atoms with Gasteiger partial charge in [0.15, 0.2) is 0 Å². The summed E-state index contributed by atoms with van der Waals surface area (Å²) in [6.45, 7) is 0. The summed E-state index contributed by atoms with van der Waals surface area (Å²) in [5.41, 5.74) is 0.801. The second kappa shape index (κ2) is 8.21. The molecule has 0 N–H and O–H groups in total. The van der Waals surface area contributed by atoms with Crippen LogP contribution in [0.15, 0.2) is 30.3 Å². The Morgan fingerprint density at radius 2 is 1.59 bits per heavy atom. The van der Waals surface area contributed by atoms with E-state index in [1.54, 1.807) is 0 Å². The highest BCUT2D eigenvalue weighted by atomic mass is 19.4. The summed E-state index contributed by atoms with van der Waals surface area (Å²) >= 11 is 0. The predicted molar refractivity (Wildman–Crippen MR) is 101 cm³/mol. The van der Waals surface area contributed by atoms with Crippen LogP contribution >= 0.6 is 0 Å². The molecule has 6 heteroatoms. The molecule has 0 aliphatic heterocycles. The van der Waals surface area contributed by atoms with E-state index in [1.807, 2.05) is 49.3 Å². The molecular formula is C21H29F3N2O. The van der Waals surface area contributed by atoms with E-state index in [-0.39, 0.29) is 30.8 Å². The molecular weight excluding hydrogens is 353 g/mol. The van der Waals surface area contributed by atoms with Crippen molar-refractivity contribution in [1.82, 2.24) is 4.90 Å². The molecule has 0 aromatic heterocycles. The number of carbonyl (C=O) groups excluding carboxylic acids is 1. The van der Waals surface area contributed by atoms with Gasteiger partial charge in [-0.1, -0.05) is 24.6 Å². The molecule has 0 spiro atoms. The molecule has 0 heterocycles. The molecule has 1 amide bonds. The summed E-state index contributed by atoms with van der Waals surface area (Å²) in [6.07, 6.45) is -0.217. The van der Waals surface area contributed by atoms with Crippen molar-refractivity contribution in [2.45, 2.75) is 63.2 Å². The fourth-order valence-electron chi connectivity index (χ4n) is 4.80. The highest BCUT2D eigenvalue weighted by Crippen LogP contribution is 2.42. The number of amides is 1. The van der Waals surface area contributed by atoms with Crippen LogP contribution in [0.4, 0.5) is 18.9 Å². The number of benzene rings is 1. The number of anilines is 1. The maximum Gasteiger partial charge on any atom is 0.391 e.